The summed E-state index contributed by atoms with van der Waals surface area (Å²) in [6, 6.07) is 1.16. The fraction of sp³-hybridized carbons (Fsp3) is 0.333. The maximum absolute atomic E-state index is 12.6. The molecule has 1 aromatic rings. The fourth-order valence-corrected chi connectivity index (χ4v) is 1.95. The van der Waals surface area contributed by atoms with Crippen LogP contribution in [0.15, 0.2) is 6.07 Å². The van der Waals surface area contributed by atoms with Gasteiger partial charge in [-0.3, -0.25) is 9.78 Å². The summed E-state index contributed by atoms with van der Waals surface area (Å²) in [5.41, 5.74) is -0.122. The molecule has 0 radical (unpaired) electrons. The van der Waals surface area contributed by atoms with Gasteiger partial charge in [-0.2, -0.15) is 0 Å². The summed E-state index contributed by atoms with van der Waals surface area (Å²) in [6.07, 6.45) is -3.07. The molecule has 0 saturated heterocycles. The molecule has 0 aromatic carbocycles. The molecule has 0 aliphatic heterocycles. The summed E-state index contributed by atoms with van der Waals surface area (Å²) < 4.78 is 25.2. The Labute approximate surface area is 104 Å². The van der Waals surface area contributed by atoms with Gasteiger partial charge in [-0.1, -0.05) is 27.5 Å². The van der Waals surface area contributed by atoms with E-state index in [-0.39, 0.29) is 33.7 Å². The molecule has 1 aromatic heterocycles. The van der Waals surface area contributed by atoms with Crippen LogP contribution in [0.4, 0.5) is 8.78 Å². The molecule has 88 valence electrons. The standard InChI is InChI=1S/C9H7BrClF2NO2/c10-3-6-8(9(12)13)5(11)1-4(14-6)2-7(15)16/h1,9H,2-3H2,(H,15,16). The van der Waals surface area contributed by atoms with Crippen LogP contribution in [-0.4, -0.2) is 16.1 Å². The monoisotopic (exact) mass is 313 g/mol. The Balaban J connectivity index is 3.20. The van der Waals surface area contributed by atoms with Crippen molar-refractivity contribution in [3.8, 4) is 0 Å². The zero-order valence-electron chi connectivity index (χ0n) is 7.88. The lowest BCUT2D eigenvalue weighted by molar-refractivity contribution is -0.136. The van der Waals surface area contributed by atoms with Gasteiger partial charge >= 0.3 is 5.97 Å². The predicted molar refractivity (Wildman–Crippen MR) is 58.2 cm³/mol. The lowest BCUT2D eigenvalue weighted by atomic mass is 10.1. The van der Waals surface area contributed by atoms with Crippen LogP contribution in [0.5, 0.6) is 0 Å². The summed E-state index contributed by atoms with van der Waals surface area (Å²) in [6.45, 7) is 0. The number of carbonyl (C=O) groups is 1. The summed E-state index contributed by atoms with van der Waals surface area (Å²) in [7, 11) is 0. The highest BCUT2D eigenvalue weighted by Gasteiger charge is 2.19. The van der Waals surface area contributed by atoms with Gasteiger partial charge in [0, 0.05) is 5.33 Å². The van der Waals surface area contributed by atoms with Gasteiger partial charge < -0.3 is 5.11 Å². The van der Waals surface area contributed by atoms with Crippen molar-refractivity contribution in [3.63, 3.8) is 0 Å². The van der Waals surface area contributed by atoms with Crippen molar-refractivity contribution in [2.45, 2.75) is 18.2 Å². The number of pyridine rings is 1. The van der Waals surface area contributed by atoms with Crippen molar-refractivity contribution < 1.29 is 18.7 Å². The van der Waals surface area contributed by atoms with Crippen LogP contribution in [-0.2, 0) is 16.5 Å². The van der Waals surface area contributed by atoms with Gasteiger partial charge in [-0.05, 0) is 6.07 Å². The maximum Gasteiger partial charge on any atom is 0.309 e. The Hall–Kier alpha value is -0.750. The molecule has 7 heteroatoms. The Bertz CT molecular complexity index is 415. The first-order chi connectivity index (χ1) is 7.45. The zero-order valence-corrected chi connectivity index (χ0v) is 10.2. The van der Waals surface area contributed by atoms with Crippen LogP contribution < -0.4 is 0 Å². The lowest BCUT2D eigenvalue weighted by Gasteiger charge is -2.09. The minimum atomic E-state index is -2.73. The first kappa shape index (κ1) is 13.3. The number of aliphatic carboxylic acids is 1. The second-order valence-corrected chi connectivity index (χ2v) is 3.93. The van der Waals surface area contributed by atoms with Crippen molar-refractivity contribution in [1.82, 2.24) is 4.98 Å². The van der Waals surface area contributed by atoms with Gasteiger partial charge in [0.25, 0.3) is 6.43 Å². The number of rotatable bonds is 4. The highest BCUT2D eigenvalue weighted by atomic mass is 79.9. The van der Waals surface area contributed by atoms with Gasteiger partial charge in [-0.25, -0.2) is 8.78 Å². The molecular weight excluding hydrogens is 307 g/mol. The third kappa shape index (κ3) is 3.12. The van der Waals surface area contributed by atoms with Crippen LogP contribution in [0.1, 0.15) is 23.4 Å². The Morgan fingerprint density at radius 2 is 2.25 bits per heavy atom. The van der Waals surface area contributed by atoms with Gasteiger partial charge in [0.05, 0.1) is 28.4 Å². The first-order valence-electron chi connectivity index (χ1n) is 4.19. The molecular formula is C9H7BrClF2NO2. The van der Waals surface area contributed by atoms with E-state index in [4.69, 9.17) is 16.7 Å². The molecule has 1 rings (SSSR count). The van der Waals surface area contributed by atoms with E-state index in [1.165, 1.54) is 0 Å². The van der Waals surface area contributed by atoms with Crippen LogP contribution >= 0.6 is 27.5 Å². The molecule has 0 aliphatic rings. The van der Waals surface area contributed by atoms with Gasteiger partial charge in [0.15, 0.2) is 0 Å². The van der Waals surface area contributed by atoms with Crippen molar-refractivity contribution in [3.05, 3.63) is 28.0 Å². The number of hydrogen-bond donors (Lipinski definition) is 1. The van der Waals surface area contributed by atoms with E-state index >= 15 is 0 Å². The smallest absolute Gasteiger partial charge is 0.309 e. The van der Waals surface area contributed by atoms with Crippen LogP contribution in [0.3, 0.4) is 0 Å². The second kappa shape index (κ2) is 5.54. The number of carboxylic acids is 1. The van der Waals surface area contributed by atoms with Crippen LogP contribution in [0, 0.1) is 0 Å². The molecule has 0 unspecified atom stereocenters. The van der Waals surface area contributed by atoms with E-state index in [2.05, 4.69) is 20.9 Å². The largest absolute Gasteiger partial charge is 0.481 e. The molecule has 3 nitrogen and oxygen atoms in total. The molecule has 0 aliphatic carbocycles. The molecule has 0 saturated carbocycles. The average Bonchev–Trinajstić information content (AvgIpc) is 2.14. The molecule has 0 amide bonds. The molecule has 1 N–H and O–H groups in total. The average molecular weight is 315 g/mol. The lowest BCUT2D eigenvalue weighted by Crippen LogP contribution is -2.06. The topological polar surface area (TPSA) is 50.2 Å². The summed E-state index contributed by atoms with van der Waals surface area (Å²) in [4.78, 5) is 14.3. The molecule has 0 spiro atoms. The Morgan fingerprint density at radius 3 is 2.69 bits per heavy atom. The van der Waals surface area contributed by atoms with Gasteiger partial charge in [0.2, 0.25) is 0 Å². The SMILES string of the molecule is O=C(O)Cc1cc(Cl)c(C(F)F)c(CBr)n1. The number of hydrogen-bond acceptors (Lipinski definition) is 2. The van der Waals surface area contributed by atoms with Crippen molar-refractivity contribution in [2.75, 3.05) is 0 Å². The number of carboxylic acid groups (broad SMARTS) is 1. The first-order valence-corrected chi connectivity index (χ1v) is 5.69. The number of halogens is 4. The minimum Gasteiger partial charge on any atom is -0.481 e. The summed E-state index contributed by atoms with van der Waals surface area (Å²) >= 11 is 8.67. The van der Waals surface area contributed by atoms with Crippen LogP contribution in [0.2, 0.25) is 5.02 Å². The van der Waals surface area contributed by atoms with E-state index in [1.54, 1.807) is 0 Å². The quantitative estimate of drug-likeness (QED) is 0.868. The molecule has 1 heterocycles. The third-order valence-electron chi connectivity index (χ3n) is 1.82. The van der Waals surface area contributed by atoms with Crippen molar-refractivity contribution in [1.29, 1.82) is 0 Å². The Kier molecular flexibility index (Phi) is 4.61. The maximum atomic E-state index is 12.6. The fourth-order valence-electron chi connectivity index (χ4n) is 1.21. The molecule has 0 atom stereocenters. The van der Waals surface area contributed by atoms with E-state index in [0.29, 0.717) is 0 Å². The van der Waals surface area contributed by atoms with Crippen LogP contribution in [0.25, 0.3) is 0 Å². The molecule has 0 bridgehead atoms. The van der Waals surface area contributed by atoms with Crippen molar-refractivity contribution in [2.24, 2.45) is 0 Å². The predicted octanol–water partition coefficient (Wildman–Crippen LogP) is 3.19. The number of alkyl halides is 3. The third-order valence-corrected chi connectivity index (χ3v) is 2.66. The molecule has 16 heavy (non-hydrogen) atoms. The van der Waals surface area contributed by atoms with E-state index in [1.807, 2.05) is 0 Å². The minimum absolute atomic E-state index is 0.0683. The van der Waals surface area contributed by atoms with E-state index in [9.17, 15) is 13.6 Å². The highest BCUT2D eigenvalue weighted by molar-refractivity contribution is 9.08. The van der Waals surface area contributed by atoms with E-state index < -0.39 is 12.4 Å². The van der Waals surface area contributed by atoms with E-state index in [0.717, 1.165) is 6.07 Å². The second-order valence-electron chi connectivity index (χ2n) is 2.96. The number of aromatic nitrogens is 1. The number of nitrogens with zero attached hydrogens (tertiary/aromatic N) is 1. The van der Waals surface area contributed by atoms with Crippen molar-refractivity contribution >= 4 is 33.5 Å². The Morgan fingerprint density at radius 1 is 1.62 bits per heavy atom. The summed E-state index contributed by atoms with van der Waals surface area (Å²) in [5.74, 6) is -1.09. The van der Waals surface area contributed by atoms with Gasteiger partial charge in [0.1, 0.15) is 0 Å². The molecule has 0 fully saturated rings. The normalized spacial score (nSPS) is 10.8. The van der Waals surface area contributed by atoms with Gasteiger partial charge in [-0.15, -0.1) is 0 Å². The highest BCUT2D eigenvalue weighted by Crippen LogP contribution is 2.31. The zero-order chi connectivity index (χ0) is 12.3. The summed E-state index contributed by atoms with van der Waals surface area (Å²) in [5, 5.41) is 8.50.